The van der Waals surface area contributed by atoms with Crippen LogP contribution in [0.25, 0.3) is 11.0 Å². The fourth-order valence-corrected chi connectivity index (χ4v) is 3.35. The molecule has 1 aliphatic heterocycles. The van der Waals surface area contributed by atoms with Crippen molar-refractivity contribution in [2.24, 2.45) is 7.05 Å². The molecule has 2 N–H and O–H groups in total. The van der Waals surface area contributed by atoms with Crippen molar-refractivity contribution in [2.45, 2.75) is 19.2 Å². The molecule has 154 valence electrons. The molecule has 3 heterocycles. The highest BCUT2D eigenvalue weighted by molar-refractivity contribution is 5.82. The summed E-state index contributed by atoms with van der Waals surface area (Å²) in [6, 6.07) is 14.6. The SMILES string of the molecule is Cn1c(NCc2ccc(OCc3ncco3)cc2)nc2ccc(NC3COC3)cc21. The number of benzene rings is 2. The molecule has 8 heteroatoms. The molecule has 8 nitrogen and oxygen atoms in total. The first-order valence-corrected chi connectivity index (χ1v) is 9.89. The van der Waals surface area contributed by atoms with Crippen molar-refractivity contribution in [3.63, 3.8) is 0 Å². The number of aryl methyl sites for hydroxylation is 1. The summed E-state index contributed by atoms with van der Waals surface area (Å²) in [5.41, 5.74) is 4.27. The third-order valence-corrected chi connectivity index (χ3v) is 5.11. The highest BCUT2D eigenvalue weighted by atomic mass is 16.5. The van der Waals surface area contributed by atoms with Crippen LogP contribution in [0.3, 0.4) is 0 Å². The zero-order chi connectivity index (χ0) is 20.3. The molecule has 4 aromatic rings. The van der Waals surface area contributed by atoms with Crippen LogP contribution in [-0.4, -0.2) is 33.8 Å². The first kappa shape index (κ1) is 18.5. The molecule has 2 aromatic carbocycles. The number of aromatic nitrogens is 3. The van der Waals surface area contributed by atoms with Crippen LogP contribution in [-0.2, 0) is 24.9 Å². The van der Waals surface area contributed by atoms with Crippen molar-refractivity contribution in [2.75, 3.05) is 23.8 Å². The lowest BCUT2D eigenvalue weighted by molar-refractivity contribution is 0.0211. The van der Waals surface area contributed by atoms with Gasteiger partial charge in [-0.1, -0.05) is 12.1 Å². The number of hydrogen-bond donors (Lipinski definition) is 2. The molecule has 0 bridgehead atoms. The highest BCUT2D eigenvalue weighted by Gasteiger charge is 2.18. The van der Waals surface area contributed by atoms with Crippen molar-refractivity contribution in [3.8, 4) is 5.75 Å². The zero-order valence-corrected chi connectivity index (χ0v) is 16.7. The number of oxazole rings is 1. The van der Waals surface area contributed by atoms with Gasteiger partial charge in [-0.05, 0) is 35.9 Å². The number of fused-ring (bicyclic) bond motifs is 1. The summed E-state index contributed by atoms with van der Waals surface area (Å²) in [7, 11) is 2.02. The van der Waals surface area contributed by atoms with E-state index in [1.54, 1.807) is 6.20 Å². The van der Waals surface area contributed by atoms with Gasteiger partial charge in [-0.25, -0.2) is 9.97 Å². The Labute approximate surface area is 173 Å². The molecule has 0 amide bonds. The van der Waals surface area contributed by atoms with Crippen molar-refractivity contribution in [1.82, 2.24) is 14.5 Å². The monoisotopic (exact) mass is 405 g/mol. The van der Waals surface area contributed by atoms with E-state index in [1.165, 1.54) is 6.26 Å². The Bertz CT molecular complexity index is 1120. The average molecular weight is 405 g/mol. The number of nitrogens with one attached hydrogen (secondary N) is 2. The Morgan fingerprint density at radius 1 is 1.17 bits per heavy atom. The number of nitrogens with zero attached hydrogens (tertiary/aromatic N) is 3. The molecule has 0 saturated carbocycles. The lowest BCUT2D eigenvalue weighted by Crippen LogP contribution is -2.40. The van der Waals surface area contributed by atoms with Crippen LogP contribution >= 0.6 is 0 Å². The molecule has 1 fully saturated rings. The second-order valence-electron chi connectivity index (χ2n) is 7.29. The Balaban J connectivity index is 1.21. The maximum atomic E-state index is 5.67. The summed E-state index contributed by atoms with van der Waals surface area (Å²) < 4.78 is 18.1. The molecule has 1 saturated heterocycles. The van der Waals surface area contributed by atoms with Gasteiger partial charge in [0.15, 0.2) is 6.61 Å². The summed E-state index contributed by atoms with van der Waals surface area (Å²) in [6.45, 7) is 2.51. The number of anilines is 2. The number of hydrogen-bond acceptors (Lipinski definition) is 7. The Hall–Kier alpha value is -3.52. The van der Waals surface area contributed by atoms with Gasteiger partial charge in [0.05, 0.1) is 36.5 Å². The van der Waals surface area contributed by atoms with Crippen LogP contribution < -0.4 is 15.4 Å². The van der Waals surface area contributed by atoms with Crippen molar-refractivity contribution >= 4 is 22.7 Å². The smallest absolute Gasteiger partial charge is 0.232 e. The molecule has 0 unspecified atom stereocenters. The minimum absolute atomic E-state index is 0.315. The van der Waals surface area contributed by atoms with Gasteiger partial charge in [0, 0.05) is 19.3 Å². The molecule has 0 atom stereocenters. The molecule has 2 aromatic heterocycles. The first-order chi connectivity index (χ1) is 14.7. The van der Waals surface area contributed by atoms with Crippen molar-refractivity contribution in [3.05, 3.63) is 66.4 Å². The molecule has 30 heavy (non-hydrogen) atoms. The van der Waals surface area contributed by atoms with Gasteiger partial charge in [-0.3, -0.25) is 0 Å². The molecular formula is C22H23N5O3. The van der Waals surface area contributed by atoms with E-state index in [2.05, 4.69) is 32.3 Å². The van der Waals surface area contributed by atoms with Crippen molar-refractivity contribution in [1.29, 1.82) is 0 Å². The molecule has 0 aliphatic carbocycles. The molecule has 0 spiro atoms. The second kappa shape index (κ2) is 8.08. The number of imidazole rings is 1. The zero-order valence-electron chi connectivity index (χ0n) is 16.7. The summed E-state index contributed by atoms with van der Waals surface area (Å²) >= 11 is 0. The minimum atomic E-state index is 0.315. The minimum Gasteiger partial charge on any atom is -0.484 e. The fraction of sp³-hybridized carbons (Fsp3) is 0.273. The normalized spacial score (nSPS) is 13.9. The van der Waals surface area contributed by atoms with Crippen LogP contribution in [0.1, 0.15) is 11.5 Å². The molecular weight excluding hydrogens is 382 g/mol. The lowest BCUT2D eigenvalue weighted by Gasteiger charge is -2.27. The highest BCUT2D eigenvalue weighted by Crippen LogP contribution is 2.24. The summed E-state index contributed by atoms with van der Waals surface area (Å²) in [5.74, 6) is 2.16. The van der Waals surface area contributed by atoms with E-state index in [0.29, 0.717) is 25.1 Å². The Morgan fingerprint density at radius 2 is 2.03 bits per heavy atom. The van der Waals surface area contributed by atoms with Gasteiger partial charge in [0.2, 0.25) is 11.8 Å². The van der Waals surface area contributed by atoms with E-state index in [9.17, 15) is 0 Å². The second-order valence-corrected chi connectivity index (χ2v) is 7.29. The summed E-state index contributed by atoms with van der Waals surface area (Å²) in [4.78, 5) is 8.76. The quantitative estimate of drug-likeness (QED) is 0.463. The molecule has 0 radical (unpaired) electrons. The fourth-order valence-electron chi connectivity index (χ4n) is 3.35. The lowest BCUT2D eigenvalue weighted by atomic mass is 10.2. The van der Waals surface area contributed by atoms with Crippen molar-refractivity contribution < 1.29 is 13.9 Å². The van der Waals surface area contributed by atoms with E-state index in [0.717, 1.165) is 47.2 Å². The van der Waals surface area contributed by atoms with Gasteiger partial charge in [0.25, 0.3) is 0 Å². The largest absolute Gasteiger partial charge is 0.484 e. The van der Waals surface area contributed by atoms with Crippen LogP contribution in [0.5, 0.6) is 5.75 Å². The average Bonchev–Trinajstić information content (AvgIpc) is 3.37. The number of rotatable bonds is 8. The van der Waals surface area contributed by atoms with Crippen LogP contribution in [0.4, 0.5) is 11.6 Å². The summed E-state index contributed by atoms with van der Waals surface area (Å²) in [5, 5.41) is 6.90. The standard InChI is InChI=1S/C22H23N5O3/c1-27-20-10-16(25-17-12-28-13-17)4-7-19(20)26-22(27)24-11-15-2-5-18(6-3-15)30-14-21-23-8-9-29-21/h2-10,17,25H,11-14H2,1H3,(H,24,26). The maximum Gasteiger partial charge on any atom is 0.232 e. The van der Waals surface area contributed by atoms with Gasteiger partial charge in [-0.15, -0.1) is 0 Å². The Morgan fingerprint density at radius 3 is 2.77 bits per heavy atom. The van der Waals surface area contributed by atoms with E-state index >= 15 is 0 Å². The predicted molar refractivity (Wildman–Crippen MR) is 114 cm³/mol. The summed E-state index contributed by atoms with van der Waals surface area (Å²) in [6.07, 6.45) is 3.14. The van der Waals surface area contributed by atoms with Crippen LogP contribution in [0.2, 0.25) is 0 Å². The maximum absolute atomic E-state index is 5.67. The van der Waals surface area contributed by atoms with Gasteiger partial charge < -0.3 is 29.1 Å². The number of ether oxygens (including phenoxy) is 2. The van der Waals surface area contributed by atoms with Crippen LogP contribution in [0.15, 0.2) is 59.3 Å². The topological polar surface area (TPSA) is 86.4 Å². The third kappa shape index (κ3) is 3.95. The van der Waals surface area contributed by atoms with Gasteiger partial charge in [-0.2, -0.15) is 0 Å². The van der Waals surface area contributed by atoms with E-state index in [4.69, 9.17) is 18.9 Å². The molecule has 5 rings (SSSR count). The Kier molecular flexibility index (Phi) is 4.98. The third-order valence-electron chi connectivity index (χ3n) is 5.11. The predicted octanol–water partition coefficient (Wildman–Crippen LogP) is 3.56. The van der Waals surface area contributed by atoms with Crippen LogP contribution in [0, 0.1) is 0 Å². The first-order valence-electron chi connectivity index (χ1n) is 9.89. The molecule has 1 aliphatic rings. The van der Waals surface area contributed by atoms with Gasteiger partial charge >= 0.3 is 0 Å². The van der Waals surface area contributed by atoms with E-state index in [1.807, 2.05) is 37.4 Å². The van der Waals surface area contributed by atoms with Gasteiger partial charge in [0.1, 0.15) is 12.0 Å². The van der Waals surface area contributed by atoms with E-state index in [-0.39, 0.29) is 0 Å². The van der Waals surface area contributed by atoms with E-state index < -0.39 is 0 Å².